The van der Waals surface area contributed by atoms with E-state index in [4.69, 9.17) is 11.6 Å². The quantitative estimate of drug-likeness (QED) is 0.545. The summed E-state index contributed by atoms with van der Waals surface area (Å²) in [6.45, 7) is 6.49. The summed E-state index contributed by atoms with van der Waals surface area (Å²) in [5, 5.41) is 3.71. The molecule has 0 spiro atoms. The molecule has 0 aliphatic carbocycles. The highest BCUT2D eigenvalue weighted by molar-refractivity contribution is 6.31. The number of hydrogen-bond donors (Lipinski definition) is 1. The zero-order chi connectivity index (χ0) is 21.9. The lowest BCUT2D eigenvalue weighted by Crippen LogP contribution is -2.51. The van der Waals surface area contributed by atoms with E-state index in [1.54, 1.807) is 4.90 Å². The summed E-state index contributed by atoms with van der Waals surface area (Å²) in [6.07, 6.45) is 3.03. The van der Waals surface area contributed by atoms with Gasteiger partial charge in [-0.25, -0.2) is 0 Å². The number of aryl methyl sites for hydroxylation is 1. The molecule has 30 heavy (non-hydrogen) atoms. The minimum atomic E-state index is -0.471. The number of amides is 2. The number of nitrogens with zero attached hydrogens (tertiary/aromatic N) is 1. The molecule has 0 aliphatic heterocycles. The summed E-state index contributed by atoms with van der Waals surface area (Å²) in [4.78, 5) is 27.9. The molecule has 0 saturated carbocycles. The van der Waals surface area contributed by atoms with Crippen molar-refractivity contribution in [3.63, 3.8) is 0 Å². The Bertz CT molecular complexity index is 810. The first-order valence-corrected chi connectivity index (χ1v) is 11.2. The maximum Gasteiger partial charge on any atom is 0.243 e. The fraction of sp³-hybridized carbons (Fsp3) is 0.440. The molecule has 2 aromatic rings. The van der Waals surface area contributed by atoms with Crippen molar-refractivity contribution in [2.24, 2.45) is 0 Å². The maximum absolute atomic E-state index is 13.2. The third kappa shape index (κ3) is 7.17. The van der Waals surface area contributed by atoms with Crippen molar-refractivity contribution >= 4 is 23.4 Å². The Balaban J connectivity index is 2.14. The molecule has 0 heterocycles. The maximum atomic E-state index is 13.2. The Labute approximate surface area is 185 Å². The SMILES string of the molecule is CCC(C)NC(=O)C(CC)N(CCc1ccccc1)C(=O)CCc1ccccc1Cl. The average molecular weight is 429 g/mol. The number of halogens is 1. The van der Waals surface area contributed by atoms with Gasteiger partial charge in [0.25, 0.3) is 0 Å². The molecule has 4 nitrogen and oxygen atoms in total. The number of rotatable bonds is 11. The van der Waals surface area contributed by atoms with Crippen molar-refractivity contribution in [2.75, 3.05) is 6.54 Å². The molecule has 2 atom stereocenters. The van der Waals surface area contributed by atoms with Gasteiger partial charge in [0.2, 0.25) is 11.8 Å². The van der Waals surface area contributed by atoms with Crippen LogP contribution in [0.1, 0.15) is 51.2 Å². The van der Waals surface area contributed by atoms with Crippen molar-refractivity contribution in [1.29, 1.82) is 0 Å². The molecule has 0 bridgehead atoms. The zero-order valence-corrected chi connectivity index (χ0v) is 19.0. The number of nitrogens with one attached hydrogen (secondary N) is 1. The van der Waals surface area contributed by atoms with E-state index < -0.39 is 6.04 Å². The van der Waals surface area contributed by atoms with Gasteiger partial charge < -0.3 is 10.2 Å². The molecule has 0 saturated heterocycles. The summed E-state index contributed by atoms with van der Waals surface area (Å²) >= 11 is 6.25. The van der Waals surface area contributed by atoms with E-state index in [0.717, 1.165) is 17.5 Å². The largest absolute Gasteiger partial charge is 0.352 e. The third-order valence-corrected chi connectivity index (χ3v) is 5.81. The minimum absolute atomic E-state index is 0.0167. The fourth-order valence-corrected chi connectivity index (χ4v) is 3.65. The average Bonchev–Trinajstić information content (AvgIpc) is 2.76. The number of hydrogen-bond acceptors (Lipinski definition) is 2. The van der Waals surface area contributed by atoms with Gasteiger partial charge in [0.15, 0.2) is 0 Å². The van der Waals surface area contributed by atoms with Crippen LogP contribution < -0.4 is 5.32 Å². The molecule has 2 aromatic carbocycles. The van der Waals surface area contributed by atoms with Crippen molar-refractivity contribution in [3.8, 4) is 0 Å². The van der Waals surface area contributed by atoms with Gasteiger partial charge >= 0.3 is 0 Å². The Morgan fingerprint density at radius 3 is 2.27 bits per heavy atom. The smallest absolute Gasteiger partial charge is 0.243 e. The summed E-state index contributed by atoms with van der Waals surface area (Å²) in [5.41, 5.74) is 2.10. The molecule has 0 aromatic heterocycles. The minimum Gasteiger partial charge on any atom is -0.352 e. The molecule has 162 valence electrons. The van der Waals surface area contributed by atoms with Crippen LogP contribution in [0.15, 0.2) is 54.6 Å². The topological polar surface area (TPSA) is 49.4 Å². The van der Waals surface area contributed by atoms with Crippen LogP contribution in [0.5, 0.6) is 0 Å². The molecule has 2 unspecified atom stereocenters. The van der Waals surface area contributed by atoms with Gasteiger partial charge in [-0.3, -0.25) is 9.59 Å². The van der Waals surface area contributed by atoms with Crippen LogP contribution in [0.2, 0.25) is 5.02 Å². The van der Waals surface area contributed by atoms with Gasteiger partial charge in [-0.1, -0.05) is 74.0 Å². The van der Waals surface area contributed by atoms with Crippen LogP contribution in [0.4, 0.5) is 0 Å². The van der Waals surface area contributed by atoms with Gasteiger partial charge in [0.05, 0.1) is 0 Å². The Kier molecular flexibility index (Phi) is 9.88. The Morgan fingerprint density at radius 2 is 1.63 bits per heavy atom. The van der Waals surface area contributed by atoms with E-state index in [0.29, 0.717) is 37.3 Å². The van der Waals surface area contributed by atoms with Gasteiger partial charge in [0, 0.05) is 24.0 Å². The molecule has 2 rings (SSSR count). The summed E-state index contributed by atoms with van der Waals surface area (Å²) in [5.74, 6) is -0.0944. The van der Waals surface area contributed by atoms with E-state index in [1.165, 1.54) is 0 Å². The van der Waals surface area contributed by atoms with Crippen LogP contribution in [0, 0.1) is 0 Å². The summed E-state index contributed by atoms with van der Waals surface area (Å²) in [6, 6.07) is 17.3. The van der Waals surface area contributed by atoms with Crippen molar-refractivity contribution in [1.82, 2.24) is 10.2 Å². The first-order chi connectivity index (χ1) is 14.5. The van der Waals surface area contributed by atoms with E-state index >= 15 is 0 Å². The van der Waals surface area contributed by atoms with E-state index in [-0.39, 0.29) is 17.9 Å². The van der Waals surface area contributed by atoms with Crippen LogP contribution >= 0.6 is 11.6 Å². The molecular formula is C25H33ClN2O2. The molecule has 2 amide bonds. The van der Waals surface area contributed by atoms with Crippen LogP contribution in [-0.4, -0.2) is 35.3 Å². The van der Waals surface area contributed by atoms with E-state index in [2.05, 4.69) is 5.32 Å². The highest BCUT2D eigenvalue weighted by Gasteiger charge is 2.28. The second kappa shape index (κ2) is 12.4. The fourth-order valence-electron chi connectivity index (χ4n) is 3.42. The lowest BCUT2D eigenvalue weighted by atomic mass is 10.1. The highest BCUT2D eigenvalue weighted by atomic mass is 35.5. The Hall–Kier alpha value is -2.33. The first kappa shape index (κ1) is 23.9. The second-order valence-corrected chi connectivity index (χ2v) is 8.06. The molecular weight excluding hydrogens is 396 g/mol. The van der Waals surface area contributed by atoms with E-state index in [9.17, 15) is 9.59 Å². The van der Waals surface area contributed by atoms with Crippen molar-refractivity contribution in [2.45, 2.75) is 65.0 Å². The standard InChI is InChI=1S/C25H33ClN2O2/c1-4-19(3)27-25(30)23(5-2)28(18-17-20-11-7-6-8-12-20)24(29)16-15-21-13-9-10-14-22(21)26/h6-14,19,23H,4-5,15-18H2,1-3H3,(H,27,30). The summed E-state index contributed by atoms with van der Waals surface area (Å²) in [7, 11) is 0. The van der Waals surface area contributed by atoms with Crippen molar-refractivity contribution in [3.05, 3.63) is 70.7 Å². The monoisotopic (exact) mass is 428 g/mol. The number of carbonyl (C=O) groups excluding carboxylic acids is 2. The first-order valence-electron chi connectivity index (χ1n) is 10.8. The lowest BCUT2D eigenvalue weighted by Gasteiger charge is -2.31. The van der Waals surface area contributed by atoms with Crippen LogP contribution in [0.25, 0.3) is 0 Å². The predicted molar refractivity (Wildman–Crippen MR) is 124 cm³/mol. The van der Waals surface area contributed by atoms with Gasteiger partial charge in [-0.2, -0.15) is 0 Å². The van der Waals surface area contributed by atoms with Crippen molar-refractivity contribution < 1.29 is 9.59 Å². The molecule has 0 fully saturated rings. The van der Waals surface area contributed by atoms with E-state index in [1.807, 2.05) is 75.4 Å². The second-order valence-electron chi connectivity index (χ2n) is 7.66. The normalized spacial score (nSPS) is 12.8. The highest BCUT2D eigenvalue weighted by Crippen LogP contribution is 2.18. The summed E-state index contributed by atoms with van der Waals surface area (Å²) < 4.78 is 0. The molecule has 1 N–H and O–H groups in total. The zero-order valence-electron chi connectivity index (χ0n) is 18.2. The van der Waals surface area contributed by atoms with Gasteiger partial charge in [0.1, 0.15) is 6.04 Å². The Morgan fingerprint density at radius 1 is 0.967 bits per heavy atom. The number of benzene rings is 2. The van der Waals surface area contributed by atoms with Gasteiger partial charge in [-0.05, 0) is 49.8 Å². The molecule has 5 heteroatoms. The molecule has 0 aliphatic rings. The van der Waals surface area contributed by atoms with Gasteiger partial charge in [-0.15, -0.1) is 0 Å². The van der Waals surface area contributed by atoms with Crippen LogP contribution in [-0.2, 0) is 22.4 Å². The predicted octanol–water partition coefficient (Wildman–Crippen LogP) is 5.04. The number of carbonyl (C=O) groups is 2. The van der Waals surface area contributed by atoms with Crippen LogP contribution in [0.3, 0.4) is 0 Å². The third-order valence-electron chi connectivity index (χ3n) is 5.44. The lowest BCUT2D eigenvalue weighted by molar-refractivity contribution is -0.141. The molecule has 0 radical (unpaired) electrons.